The highest BCUT2D eigenvalue weighted by molar-refractivity contribution is 8.72. The van der Waals surface area contributed by atoms with E-state index in [9.17, 15) is 4.79 Å². The maximum Gasteiger partial charge on any atom is 0.249 e. The van der Waals surface area contributed by atoms with Crippen LogP contribution in [0.2, 0.25) is 0 Å². The van der Waals surface area contributed by atoms with Crippen molar-refractivity contribution in [2.75, 3.05) is 0 Å². The number of unbranched alkanes of at least 4 members (excludes halogenated alkanes) is 1. The molecule has 0 rings (SSSR count). The zero-order chi connectivity index (χ0) is 11.2. The highest BCUT2D eigenvalue weighted by Crippen LogP contribution is 2.52. The standard InChI is InChI=1S/C8H17O3PS2/c1-3-5-6-7(4-2)8(9)14-12(10,11)13/h7H,3-6H2,1-2H3,(H2,10,11,13). The van der Waals surface area contributed by atoms with Crippen LogP contribution in [0.4, 0.5) is 0 Å². The second-order valence-corrected chi connectivity index (χ2v) is 9.01. The lowest BCUT2D eigenvalue weighted by atomic mass is 10.0. The third kappa shape index (κ3) is 6.96. The van der Waals surface area contributed by atoms with Gasteiger partial charge < -0.3 is 9.79 Å². The molecule has 0 spiro atoms. The summed E-state index contributed by atoms with van der Waals surface area (Å²) in [5.41, 5.74) is -3.42. The molecule has 0 aliphatic carbocycles. The van der Waals surface area contributed by atoms with Crippen LogP contribution in [0.15, 0.2) is 0 Å². The van der Waals surface area contributed by atoms with Gasteiger partial charge >= 0.3 is 0 Å². The van der Waals surface area contributed by atoms with Gasteiger partial charge in [-0.05, 0) is 24.6 Å². The van der Waals surface area contributed by atoms with Gasteiger partial charge in [0.1, 0.15) is 0 Å². The fraction of sp³-hybridized carbons (Fsp3) is 0.875. The van der Waals surface area contributed by atoms with Crippen molar-refractivity contribution in [3.8, 4) is 0 Å². The molecule has 0 heterocycles. The summed E-state index contributed by atoms with van der Waals surface area (Å²) in [5.74, 6) is -0.0819. The predicted molar refractivity (Wildman–Crippen MR) is 64.6 cm³/mol. The molecule has 0 aromatic rings. The molecule has 0 fully saturated rings. The molecule has 0 amide bonds. The Bertz CT molecular complexity index is 227. The van der Waals surface area contributed by atoms with E-state index < -0.39 is 5.69 Å². The Kier molecular flexibility index (Phi) is 7.26. The summed E-state index contributed by atoms with van der Waals surface area (Å²) in [6.07, 6.45) is 3.58. The summed E-state index contributed by atoms with van der Waals surface area (Å²) < 4.78 is 0. The van der Waals surface area contributed by atoms with Crippen molar-refractivity contribution in [2.45, 2.75) is 39.5 Å². The second-order valence-electron chi connectivity index (χ2n) is 3.15. The minimum absolute atomic E-state index is 0.0819. The van der Waals surface area contributed by atoms with Crippen LogP contribution in [0.5, 0.6) is 0 Å². The Morgan fingerprint density at radius 3 is 2.43 bits per heavy atom. The van der Waals surface area contributed by atoms with Gasteiger partial charge in [0.15, 0.2) is 0 Å². The molecule has 0 radical (unpaired) electrons. The van der Waals surface area contributed by atoms with Gasteiger partial charge in [-0.3, -0.25) is 4.79 Å². The van der Waals surface area contributed by atoms with Gasteiger partial charge in [0.05, 0.1) is 0 Å². The Labute approximate surface area is 94.2 Å². The normalized spacial score (nSPS) is 14.0. The highest BCUT2D eigenvalue weighted by atomic mass is 32.9. The van der Waals surface area contributed by atoms with Crippen molar-refractivity contribution >= 4 is 34.0 Å². The maximum absolute atomic E-state index is 11.5. The molecule has 6 heteroatoms. The number of hydrogen-bond acceptors (Lipinski definition) is 3. The van der Waals surface area contributed by atoms with Crippen molar-refractivity contribution in [3.05, 3.63) is 0 Å². The first-order chi connectivity index (χ1) is 6.40. The molecular formula is C8H17O3PS2. The van der Waals surface area contributed by atoms with Crippen LogP contribution in [0, 0.1) is 5.92 Å². The summed E-state index contributed by atoms with van der Waals surface area (Å²) in [4.78, 5) is 29.5. The monoisotopic (exact) mass is 256 g/mol. The largest absolute Gasteiger partial charge is 0.337 e. The Morgan fingerprint density at radius 2 is 2.07 bits per heavy atom. The van der Waals surface area contributed by atoms with Crippen LogP contribution >= 0.6 is 17.1 Å². The minimum Gasteiger partial charge on any atom is -0.337 e. The van der Waals surface area contributed by atoms with Gasteiger partial charge in [-0.15, -0.1) is 0 Å². The van der Waals surface area contributed by atoms with Crippen LogP contribution in [0.3, 0.4) is 0 Å². The smallest absolute Gasteiger partial charge is 0.249 e. The quantitative estimate of drug-likeness (QED) is 0.715. The summed E-state index contributed by atoms with van der Waals surface area (Å²) in [7, 11) is 0. The maximum atomic E-state index is 11.5. The van der Waals surface area contributed by atoms with Crippen molar-refractivity contribution in [3.63, 3.8) is 0 Å². The van der Waals surface area contributed by atoms with E-state index in [4.69, 9.17) is 9.79 Å². The number of rotatable bonds is 6. The number of hydrogen-bond donors (Lipinski definition) is 2. The average Bonchev–Trinajstić information content (AvgIpc) is 2.02. The molecule has 1 atom stereocenters. The summed E-state index contributed by atoms with van der Waals surface area (Å²) in [5, 5.41) is -0.172. The van der Waals surface area contributed by atoms with Crippen LogP contribution in [-0.2, 0) is 16.6 Å². The van der Waals surface area contributed by atoms with E-state index in [0.29, 0.717) is 11.4 Å². The fourth-order valence-electron chi connectivity index (χ4n) is 1.13. The Hall–Kier alpha value is 0.590. The molecule has 0 aromatic heterocycles. The van der Waals surface area contributed by atoms with Gasteiger partial charge in [-0.2, -0.15) is 0 Å². The molecule has 0 saturated carbocycles. The molecule has 0 aliphatic rings. The molecule has 0 aliphatic heterocycles. The van der Waals surface area contributed by atoms with Gasteiger partial charge in [-0.1, -0.05) is 26.7 Å². The lowest BCUT2D eigenvalue weighted by molar-refractivity contribution is -0.114. The average molecular weight is 256 g/mol. The number of carbonyl (C=O) groups excluding carboxylic acids is 1. The van der Waals surface area contributed by atoms with Crippen molar-refractivity contribution in [2.24, 2.45) is 5.92 Å². The van der Waals surface area contributed by atoms with Crippen LogP contribution < -0.4 is 0 Å². The SMILES string of the molecule is CCCCC(CC)C(=O)SP(O)(O)=S. The fourth-order valence-corrected chi connectivity index (χ4v) is 3.61. The Morgan fingerprint density at radius 1 is 1.50 bits per heavy atom. The van der Waals surface area contributed by atoms with E-state index in [1.807, 2.05) is 6.92 Å². The van der Waals surface area contributed by atoms with E-state index in [2.05, 4.69) is 18.7 Å². The zero-order valence-corrected chi connectivity index (χ0v) is 11.0. The van der Waals surface area contributed by atoms with Gasteiger partial charge in [0.2, 0.25) is 10.8 Å². The van der Waals surface area contributed by atoms with E-state index in [1.54, 1.807) is 0 Å². The highest BCUT2D eigenvalue weighted by Gasteiger charge is 2.22. The molecule has 0 saturated heterocycles. The topological polar surface area (TPSA) is 57.5 Å². The van der Waals surface area contributed by atoms with E-state index >= 15 is 0 Å². The van der Waals surface area contributed by atoms with Crippen LogP contribution in [-0.4, -0.2) is 14.9 Å². The second kappa shape index (κ2) is 6.96. The molecule has 2 N–H and O–H groups in total. The molecule has 3 nitrogen and oxygen atoms in total. The molecule has 0 aromatic carbocycles. The molecule has 14 heavy (non-hydrogen) atoms. The predicted octanol–water partition coefficient (Wildman–Crippen LogP) is 2.67. The third-order valence-electron chi connectivity index (χ3n) is 1.94. The summed E-state index contributed by atoms with van der Waals surface area (Å²) >= 11 is 4.94. The van der Waals surface area contributed by atoms with Gasteiger partial charge in [0, 0.05) is 17.3 Å². The van der Waals surface area contributed by atoms with Crippen LogP contribution in [0.25, 0.3) is 0 Å². The summed E-state index contributed by atoms with van der Waals surface area (Å²) in [6, 6.07) is 0. The third-order valence-corrected chi connectivity index (χ3v) is 4.62. The van der Waals surface area contributed by atoms with Crippen molar-refractivity contribution in [1.29, 1.82) is 0 Å². The van der Waals surface area contributed by atoms with Crippen LogP contribution in [0.1, 0.15) is 39.5 Å². The molecule has 1 unspecified atom stereocenters. The van der Waals surface area contributed by atoms with Gasteiger partial charge in [-0.25, -0.2) is 0 Å². The first kappa shape index (κ1) is 14.6. The van der Waals surface area contributed by atoms with Gasteiger partial charge in [0.25, 0.3) is 0 Å². The molecule has 0 bridgehead atoms. The minimum atomic E-state index is -3.42. The molecular weight excluding hydrogens is 239 g/mol. The molecule has 84 valence electrons. The lowest BCUT2D eigenvalue weighted by Crippen LogP contribution is -2.09. The lowest BCUT2D eigenvalue weighted by Gasteiger charge is -2.13. The van der Waals surface area contributed by atoms with E-state index in [0.717, 1.165) is 25.7 Å². The van der Waals surface area contributed by atoms with Crippen molar-refractivity contribution < 1.29 is 14.6 Å². The first-order valence-electron chi connectivity index (χ1n) is 4.69. The number of carbonyl (C=O) groups is 1. The van der Waals surface area contributed by atoms with E-state index in [1.165, 1.54) is 0 Å². The first-order valence-corrected chi connectivity index (χ1v) is 8.82. The zero-order valence-electron chi connectivity index (χ0n) is 8.47. The van der Waals surface area contributed by atoms with Crippen molar-refractivity contribution in [1.82, 2.24) is 0 Å². The Balaban J connectivity index is 4.11. The van der Waals surface area contributed by atoms with E-state index in [-0.39, 0.29) is 11.0 Å². The summed E-state index contributed by atoms with van der Waals surface area (Å²) in [6.45, 7) is 3.99.